The Morgan fingerprint density at radius 2 is 1.62 bits per heavy atom. The molecule has 0 unspecified atom stereocenters. The molecule has 0 radical (unpaired) electrons. The fourth-order valence-electron chi connectivity index (χ4n) is 0.604. The first kappa shape index (κ1) is 7.88. The third kappa shape index (κ3) is 4.05. The van der Waals surface area contributed by atoms with Gasteiger partial charge in [0.15, 0.2) is 0 Å². The summed E-state index contributed by atoms with van der Waals surface area (Å²) in [6.45, 7) is 3.38. The van der Waals surface area contributed by atoms with Gasteiger partial charge in [-0.2, -0.15) is 0 Å². The molecule has 0 aliphatic carbocycles. The zero-order chi connectivity index (χ0) is 6.24. The van der Waals surface area contributed by atoms with Crippen LogP contribution in [0.5, 0.6) is 0 Å². The minimum atomic E-state index is 1.00. The fraction of sp³-hybridized carbons (Fsp3) is 1.00. The summed E-state index contributed by atoms with van der Waals surface area (Å²) in [5, 5.41) is 13.3. The van der Waals surface area contributed by atoms with Crippen molar-refractivity contribution in [2.24, 2.45) is 0 Å². The van der Waals surface area contributed by atoms with Crippen LogP contribution in [0, 0.1) is 0 Å². The number of hydrogen-bond acceptors (Lipinski definition) is 3. The molecular weight excluding hydrogens is 104 g/mol. The van der Waals surface area contributed by atoms with Crippen molar-refractivity contribution in [3.8, 4) is 0 Å². The molecular formula is C5H14N2O. The monoisotopic (exact) mass is 118 g/mol. The van der Waals surface area contributed by atoms with E-state index in [9.17, 15) is 0 Å². The van der Waals surface area contributed by atoms with Crippen LogP contribution in [0.2, 0.25) is 0 Å². The van der Waals surface area contributed by atoms with E-state index in [0.717, 1.165) is 13.8 Å². The van der Waals surface area contributed by atoms with Crippen LogP contribution in [0.1, 0.15) is 6.42 Å². The maximum atomic E-state index is 7.00. The summed E-state index contributed by atoms with van der Waals surface area (Å²) in [6.07, 6.45) is 1.28. The van der Waals surface area contributed by atoms with Crippen LogP contribution in [0.15, 0.2) is 0 Å². The topological polar surface area (TPSA) is 44.3 Å². The SMILES string of the molecule is C1CNCNC1.CO. The van der Waals surface area contributed by atoms with Gasteiger partial charge in [-0.3, -0.25) is 0 Å². The Morgan fingerprint density at radius 3 is 1.75 bits per heavy atom. The smallest absolute Gasteiger partial charge is 0.0454 e. The summed E-state index contributed by atoms with van der Waals surface area (Å²) < 4.78 is 0. The third-order valence-electron chi connectivity index (χ3n) is 0.957. The van der Waals surface area contributed by atoms with E-state index in [1.807, 2.05) is 0 Å². The highest BCUT2D eigenvalue weighted by Gasteiger charge is 1.91. The van der Waals surface area contributed by atoms with E-state index in [4.69, 9.17) is 5.11 Å². The van der Waals surface area contributed by atoms with Gasteiger partial charge in [0.1, 0.15) is 0 Å². The second-order valence-electron chi connectivity index (χ2n) is 1.53. The van der Waals surface area contributed by atoms with Crippen molar-refractivity contribution in [1.29, 1.82) is 0 Å². The largest absolute Gasteiger partial charge is 0.400 e. The van der Waals surface area contributed by atoms with Crippen molar-refractivity contribution < 1.29 is 5.11 Å². The quantitative estimate of drug-likeness (QED) is 0.387. The molecule has 1 heterocycles. The van der Waals surface area contributed by atoms with Gasteiger partial charge in [-0.05, 0) is 19.5 Å². The first-order valence-electron chi connectivity index (χ1n) is 2.86. The van der Waals surface area contributed by atoms with E-state index >= 15 is 0 Å². The van der Waals surface area contributed by atoms with Gasteiger partial charge in [0, 0.05) is 13.8 Å². The molecule has 1 aliphatic rings. The van der Waals surface area contributed by atoms with Crippen LogP contribution in [0.4, 0.5) is 0 Å². The summed E-state index contributed by atoms with van der Waals surface area (Å²) in [5.74, 6) is 0. The molecule has 1 saturated heterocycles. The summed E-state index contributed by atoms with van der Waals surface area (Å²) in [7, 11) is 1.00. The van der Waals surface area contributed by atoms with Crippen molar-refractivity contribution in [1.82, 2.24) is 10.6 Å². The van der Waals surface area contributed by atoms with Gasteiger partial charge >= 0.3 is 0 Å². The number of hydrogen-bond donors (Lipinski definition) is 3. The molecule has 0 bridgehead atoms. The molecule has 0 aromatic rings. The highest BCUT2D eigenvalue weighted by Crippen LogP contribution is 1.75. The highest BCUT2D eigenvalue weighted by molar-refractivity contribution is 4.54. The van der Waals surface area contributed by atoms with E-state index in [-0.39, 0.29) is 0 Å². The average Bonchev–Trinajstić information content (AvgIpc) is 1.96. The molecule has 1 aliphatic heterocycles. The van der Waals surface area contributed by atoms with E-state index in [2.05, 4.69) is 10.6 Å². The minimum Gasteiger partial charge on any atom is -0.400 e. The third-order valence-corrected chi connectivity index (χ3v) is 0.957. The zero-order valence-corrected chi connectivity index (χ0v) is 5.28. The highest BCUT2D eigenvalue weighted by atomic mass is 16.2. The number of rotatable bonds is 0. The van der Waals surface area contributed by atoms with Gasteiger partial charge in [-0.15, -0.1) is 0 Å². The second-order valence-corrected chi connectivity index (χ2v) is 1.53. The summed E-state index contributed by atoms with van der Waals surface area (Å²) in [4.78, 5) is 0. The molecule has 1 fully saturated rings. The Labute approximate surface area is 50.1 Å². The minimum absolute atomic E-state index is 1.00. The van der Waals surface area contributed by atoms with Gasteiger partial charge in [0.2, 0.25) is 0 Å². The summed E-state index contributed by atoms with van der Waals surface area (Å²) in [5.41, 5.74) is 0. The lowest BCUT2D eigenvalue weighted by Gasteiger charge is -2.11. The Hall–Kier alpha value is -0.120. The predicted molar refractivity (Wildman–Crippen MR) is 33.6 cm³/mol. The van der Waals surface area contributed by atoms with Crippen molar-refractivity contribution in [2.45, 2.75) is 6.42 Å². The van der Waals surface area contributed by atoms with Crippen molar-refractivity contribution >= 4 is 0 Å². The number of aliphatic hydroxyl groups is 1. The van der Waals surface area contributed by atoms with E-state index < -0.39 is 0 Å². The van der Waals surface area contributed by atoms with E-state index in [1.165, 1.54) is 19.5 Å². The predicted octanol–water partition coefficient (Wildman–Crippen LogP) is -0.865. The van der Waals surface area contributed by atoms with Crippen molar-refractivity contribution in [3.05, 3.63) is 0 Å². The maximum Gasteiger partial charge on any atom is 0.0454 e. The van der Waals surface area contributed by atoms with Gasteiger partial charge in [-0.25, -0.2) is 0 Å². The van der Waals surface area contributed by atoms with Crippen molar-refractivity contribution in [3.63, 3.8) is 0 Å². The second kappa shape index (κ2) is 6.88. The van der Waals surface area contributed by atoms with Crippen LogP contribution >= 0.6 is 0 Å². The fourth-order valence-corrected chi connectivity index (χ4v) is 0.604. The maximum absolute atomic E-state index is 7.00. The Bertz CT molecular complexity index is 25.9. The molecule has 0 spiro atoms. The van der Waals surface area contributed by atoms with Gasteiger partial charge in [-0.1, -0.05) is 0 Å². The number of aliphatic hydroxyl groups excluding tert-OH is 1. The molecule has 50 valence electrons. The molecule has 3 heteroatoms. The van der Waals surface area contributed by atoms with Crippen LogP contribution in [-0.2, 0) is 0 Å². The molecule has 8 heavy (non-hydrogen) atoms. The van der Waals surface area contributed by atoms with Crippen molar-refractivity contribution in [2.75, 3.05) is 26.9 Å². The average molecular weight is 118 g/mol. The lowest BCUT2D eigenvalue weighted by Crippen LogP contribution is -2.37. The summed E-state index contributed by atoms with van der Waals surface area (Å²) >= 11 is 0. The Balaban J connectivity index is 0.000000222. The van der Waals surface area contributed by atoms with Crippen LogP contribution in [-0.4, -0.2) is 32.0 Å². The number of nitrogens with one attached hydrogen (secondary N) is 2. The molecule has 1 rings (SSSR count). The van der Waals surface area contributed by atoms with E-state index in [0.29, 0.717) is 0 Å². The van der Waals surface area contributed by atoms with Gasteiger partial charge in [0.05, 0.1) is 0 Å². The first-order valence-corrected chi connectivity index (χ1v) is 2.86. The zero-order valence-electron chi connectivity index (χ0n) is 5.28. The van der Waals surface area contributed by atoms with Crippen LogP contribution in [0.3, 0.4) is 0 Å². The Kier molecular flexibility index (Phi) is 6.78. The van der Waals surface area contributed by atoms with Crippen LogP contribution < -0.4 is 10.6 Å². The van der Waals surface area contributed by atoms with E-state index in [1.54, 1.807) is 0 Å². The molecule has 0 atom stereocenters. The van der Waals surface area contributed by atoms with Gasteiger partial charge in [0.25, 0.3) is 0 Å². The lowest BCUT2D eigenvalue weighted by atomic mass is 10.4. The standard InChI is InChI=1S/C4H10N2.CH4O/c1-2-5-4-6-3-1;1-2/h5-6H,1-4H2;2H,1H3. The molecule has 3 nitrogen and oxygen atoms in total. The van der Waals surface area contributed by atoms with Gasteiger partial charge < -0.3 is 15.7 Å². The van der Waals surface area contributed by atoms with Crippen LogP contribution in [0.25, 0.3) is 0 Å². The lowest BCUT2D eigenvalue weighted by molar-refractivity contribution is 0.399. The summed E-state index contributed by atoms with van der Waals surface area (Å²) in [6, 6.07) is 0. The molecule has 0 aromatic carbocycles. The molecule has 0 saturated carbocycles. The normalized spacial score (nSPS) is 18.8. The molecule has 0 amide bonds. The Morgan fingerprint density at radius 1 is 1.12 bits per heavy atom. The molecule has 3 N–H and O–H groups in total. The molecule has 0 aromatic heterocycles. The first-order chi connectivity index (χ1) is 4.00.